The zero-order valence-electron chi connectivity index (χ0n) is 13.1. The van der Waals surface area contributed by atoms with E-state index in [1.807, 2.05) is 30.3 Å². The van der Waals surface area contributed by atoms with Crippen molar-refractivity contribution in [1.29, 1.82) is 0 Å². The Bertz CT molecular complexity index is 685. The van der Waals surface area contributed by atoms with Crippen LogP contribution in [0.1, 0.15) is 50.0 Å². The highest BCUT2D eigenvalue weighted by Gasteiger charge is 2.51. The van der Waals surface area contributed by atoms with E-state index < -0.39 is 5.41 Å². The molecule has 23 heavy (non-hydrogen) atoms. The summed E-state index contributed by atoms with van der Waals surface area (Å²) in [5, 5.41) is 10.9. The van der Waals surface area contributed by atoms with Gasteiger partial charge in [0.1, 0.15) is 0 Å². The number of amides is 1. The molecule has 2 saturated carbocycles. The lowest BCUT2D eigenvalue weighted by Crippen LogP contribution is -2.27. The number of aromatic nitrogens is 2. The predicted molar refractivity (Wildman–Crippen MR) is 85.9 cm³/mol. The maximum atomic E-state index is 12.6. The first-order valence-corrected chi connectivity index (χ1v) is 8.46. The molecular weight excluding hydrogens is 290 g/mol. The van der Waals surface area contributed by atoms with Gasteiger partial charge >= 0.3 is 6.01 Å². The lowest BCUT2D eigenvalue weighted by Gasteiger charge is -2.13. The highest BCUT2D eigenvalue weighted by atomic mass is 16.4. The fraction of sp³-hybridized carbons (Fsp3) is 0.500. The van der Waals surface area contributed by atoms with Crippen LogP contribution in [0.15, 0.2) is 34.7 Å². The lowest BCUT2D eigenvalue weighted by atomic mass is 9.95. The first kappa shape index (κ1) is 14.4. The summed E-state index contributed by atoms with van der Waals surface area (Å²) < 4.78 is 5.62. The fourth-order valence-corrected chi connectivity index (χ4v) is 3.59. The molecule has 0 atom stereocenters. The van der Waals surface area contributed by atoms with E-state index in [-0.39, 0.29) is 11.9 Å². The van der Waals surface area contributed by atoms with Crippen molar-refractivity contribution >= 4 is 11.9 Å². The molecule has 0 radical (unpaired) electrons. The van der Waals surface area contributed by atoms with Gasteiger partial charge in [0.25, 0.3) is 0 Å². The normalized spacial score (nSPS) is 19.7. The number of nitrogens with one attached hydrogen (secondary N) is 1. The Labute approximate surface area is 135 Å². The summed E-state index contributed by atoms with van der Waals surface area (Å²) in [6.45, 7) is 0. The third-order valence-electron chi connectivity index (χ3n) is 5.14. The van der Waals surface area contributed by atoms with Crippen LogP contribution >= 0.6 is 0 Å². The monoisotopic (exact) mass is 311 g/mol. The van der Waals surface area contributed by atoms with Crippen LogP contribution in [0.4, 0.5) is 6.01 Å². The van der Waals surface area contributed by atoms with E-state index in [9.17, 15) is 4.79 Å². The van der Waals surface area contributed by atoms with Crippen molar-refractivity contribution < 1.29 is 9.21 Å². The molecule has 5 nitrogen and oxygen atoms in total. The van der Waals surface area contributed by atoms with Gasteiger partial charge in [-0.25, -0.2) is 0 Å². The molecular formula is C18H21N3O2. The quantitative estimate of drug-likeness (QED) is 0.918. The van der Waals surface area contributed by atoms with Crippen molar-refractivity contribution in [2.24, 2.45) is 5.92 Å². The molecule has 0 bridgehead atoms. The first-order valence-electron chi connectivity index (χ1n) is 8.46. The largest absolute Gasteiger partial charge is 0.408 e. The van der Waals surface area contributed by atoms with Gasteiger partial charge in [-0.05, 0) is 37.2 Å². The lowest BCUT2D eigenvalue weighted by molar-refractivity contribution is -0.118. The van der Waals surface area contributed by atoms with Gasteiger partial charge in [0, 0.05) is 6.42 Å². The summed E-state index contributed by atoms with van der Waals surface area (Å²) in [7, 11) is 0. The van der Waals surface area contributed by atoms with Crippen LogP contribution in [0.25, 0.3) is 0 Å². The average Bonchev–Trinajstić information content (AvgIpc) is 3.02. The average molecular weight is 311 g/mol. The molecule has 120 valence electrons. The Kier molecular flexibility index (Phi) is 3.63. The van der Waals surface area contributed by atoms with Gasteiger partial charge in [0.2, 0.25) is 11.8 Å². The Morgan fingerprint density at radius 2 is 1.91 bits per heavy atom. The second-order valence-electron chi connectivity index (χ2n) is 6.76. The van der Waals surface area contributed by atoms with Crippen molar-refractivity contribution in [3.05, 3.63) is 41.8 Å². The summed E-state index contributed by atoms with van der Waals surface area (Å²) in [5.74, 6) is 1.25. The van der Waals surface area contributed by atoms with Gasteiger partial charge < -0.3 is 4.42 Å². The van der Waals surface area contributed by atoms with Crippen LogP contribution in [-0.4, -0.2) is 16.1 Å². The van der Waals surface area contributed by atoms with E-state index >= 15 is 0 Å². The highest BCUT2D eigenvalue weighted by molar-refractivity contribution is 6.00. The standard InChI is InChI=1S/C18H21N3O2/c22-16(18(10-11-18)14-8-2-1-3-9-14)19-17-21-20-15(23-17)12-13-6-4-5-7-13/h1-3,8-9,13H,4-7,10-12H2,(H,19,21,22). The molecule has 0 spiro atoms. The Balaban J connectivity index is 1.42. The van der Waals surface area contributed by atoms with Crippen LogP contribution < -0.4 is 5.32 Å². The van der Waals surface area contributed by atoms with Crippen LogP contribution in [-0.2, 0) is 16.6 Å². The molecule has 5 heteroatoms. The summed E-state index contributed by atoms with van der Waals surface area (Å²) in [5.41, 5.74) is 0.643. The minimum Gasteiger partial charge on any atom is -0.408 e. The molecule has 4 rings (SSSR count). The zero-order chi connectivity index (χ0) is 15.7. The molecule has 2 fully saturated rings. The number of carbonyl (C=O) groups is 1. The smallest absolute Gasteiger partial charge is 0.322 e. The summed E-state index contributed by atoms with van der Waals surface area (Å²) >= 11 is 0. The van der Waals surface area contributed by atoms with Crippen molar-refractivity contribution in [2.75, 3.05) is 5.32 Å². The van der Waals surface area contributed by atoms with Gasteiger partial charge in [0.05, 0.1) is 5.41 Å². The Morgan fingerprint density at radius 1 is 1.17 bits per heavy atom. The number of benzene rings is 1. The maximum Gasteiger partial charge on any atom is 0.322 e. The van der Waals surface area contributed by atoms with E-state index in [0.29, 0.717) is 11.8 Å². The van der Waals surface area contributed by atoms with Gasteiger partial charge in [-0.1, -0.05) is 48.3 Å². The third-order valence-corrected chi connectivity index (χ3v) is 5.14. The molecule has 2 aliphatic rings. The number of anilines is 1. The molecule has 1 N–H and O–H groups in total. The molecule has 2 aromatic rings. The summed E-state index contributed by atoms with van der Waals surface area (Å²) in [6, 6.07) is 10.1. The molecule has 0 saturated heterocycles. The Morgan fingerprint density at radius 3 is 2.61 bits per heavy atom. The molecule has 2 aliphatic carbocycles. The van der Waals surface area contributed by atoms with Crippen molar-refractivity contribution in [3.63, 3.8) is 0 Å². The zero-order valence-corrected chi connectivity index (χ0v) is 13.1. The van der Waals surface area contributed by atoms with Crippen molar-refractivity contribution in [1.82, 2.24) is 10.2 Å². The summed E-state index contributed by atoms with van der Waals surface area (Å²) in [4.78, 5) is 12.6. The van der Waals surface area contributed by atoms with Gasteiger partial charge in [-0.15, -0.1) is 5.10 Å². The predicted octanol–water partition coefficient (Wildman–Crippen LogP) is 3.47. The van der Waals surface area contributed by atoms with E-state index in [2.05, 4.69) is 15.5 Å². The Hall–Kier alpha value is -2.17. The minimum absolute atomic E-state index is 0.0419. The second-order valence-corrected chi connectivity index (χ2v) is 6.76. The molecule has 1 amide bonds. The molecule has 1 heterocycles. The SMILES string of the molecule is O=C(Nc1nnc(CC2CCCC2)o1)C1(c2ccccc2)CC1. The highest BCUT2D eigenvalue weighted by Crippen LogP contribution is 2.48. The number of carbonyl (C=O) groups excluding carboxylic acids is 1. The number of hydrogen-bond acceptors (Lipinski definition) is 4. The van der Waals surface area contributed by atoms with Crippen LogP contribution in [0.5, 0.6) is 0 Å². The number of hydrogen-bond donors (Lipinski definition) is 1. The van der Waals surface area contributed by atoms with Crippen LogP contribution in [0.2, 0.25) is 0 Å². The van der Waals surface area contributed by atoms with Crippen LogP contribution in [0.3, 0.4) is 0 Å². The first-order chi connectivity index (χ1) is 11.3. The van der Waals surface area contributed by atoms with E-state index in [0.717, 1.165) is 24.8 Å². The van der Waals surface area contributed by atoms with E-state index in [1.54, 1.807) is 0 Å². The molecule has 0 aliphatic heterocycles. The van der Waals surface area contributed by atoms with Gasteiger partial charge in [-0.2, -0.15) is 0 Å². The van der Waals surface area contributed by atoms with E-state index in [1.165, 1.54) is 25.7 Å². The van der Waals surface area contributed by atoms with E-state index in [4.69, 9.17) is 4.42 Å². The molecule has 1 aromatic heterocycles. The second kappa shape index (κ2) is 5.80. The van der Waals surface area contributed by atoms with Crippen molar-refractivity contribution in [3.8, 4) is 0 Å². The topological polar surface area (TPSA) is 68.0 Å². The number of nitrogens with zero attached hydrogens (tertiary/aromatic N) is 2. The summed E-state index contributed by atoms with van der Waals surface area (Å²) in [6.07, 6.45) is 7.62. The number of rotatable bonds is 5. The maximum absolute atomic E-state index is 12.6. The van der Waals surface area contributed by atoms with Gasteiger partial charge in [0.15, 0.2) is 0 Å². The van der Waals surface area contributed by atoms with Crippen molar-refractivity contribution in [2.45, 2.75) is 50.4 Å². The van der Waals surface area contributed by atoms with Gasteiger partial charge in [-0.3, -0.25) is 10.1 Å². The van der Waals surface area contributed by atoms with Crippen LogP contribution in [0, 0.1) is 5.92 Å². The minimum atomic E-state index is -0.415. The fourth-order valence-electron chi connectivity index (χ4n) is 3.59. The molecule has 0 unspecified atom stereocenters. The molecule has 1 aromatic carbocycles. The third kappa shape index (κ3) is 2.87.